The summed E-state index contributed by atoms with van der Waals surface area (Å²) in [5, 5.41) is 13.3. The fourth-order valence-electron chi connectivity index (χ4n) is 2.24. The van der Waals surface area contributed by atoms with Gasteiger partial charge >= 0.3 is 12.0 Å². The minimum absolute atomic E-state index is 0.0267. The molecule has 0 aromatic heterocycles. The molecule has 1 heterocycles. The predicted octanol–water partition coefficient (Wildman–Crippen LogP) is 1.08. The number of carbonyl (C=O) groups excluding carboxylic acids is 1. The number of hydrogen-bond donors (Lipinski definition) is 3. The minimum atomic E-state index is -3.11. The average Bonchev–Trinajstić information content (AvgIpc) is 2.75. The number of sulfone groups is 1. The van der Waals surface area contributed by atoms with Gasteiger partial charge in [-0.15, -0.1) is 0 Å². The van der Waals surface area contributed by atoms with E-state index in [1.54, 1.807) is 12.1 Å². The number of rotatable bonds is 4. The number of carboxylic acid groups (broad SMARTS) is 1. The monoisotopic (exact) mass is 312 g/mol. The van der Waals surface area contributed by atoms with Crippen LogP contribution < -0.4 is 10.6 Å². The van der Waals surface area contributed by atoms with Crippen LogP contribution in [0.1, 0.15) is 23.2 Å². The van der Waals surface area contributed by atoms with Crippen molar-refractivity contribution in [2.45, 2.75) is 18.1 Å². The fraction of sp³-hybridized carbons (Fsp3) is 0.385. The first-order chi connectivity index (χ1) is 9.90. The van der Waals surface area contributed by atoms with Gasteiger partial charge in [-0.1, -0.05) is 12.1 Å². The zero-order chi connectivity index (χ0) is 15.5. The molecule has 1 saturated heterocycles. The van der Waals surface area contributed by atoms with Gasteiger partial charge in [-0.3, -0.25) is 0 Å². The van der Waals surface area contributed by atoms with Crippen LogP contribution in [0.15, 0.2) is 24.3 Å². The lowest BCUT2D eigenvalue weighted by Crippen LogP contribution is -2.37. The summed E-state index contributed by atoms with van der Waals surface area (Å²) in [7, 11) is -3.11. The highest BCUT2D eigenvalue weighted by Gasteiger charge is 2.31. The Labute approximate surface area is 122 Å². The molecule has 3 N–H and O–H groups in total. The SMILES string of the molecule is O=C(NCC1CCCS1(=O)=O)Nc1ccccc1C(=O)O. The first kappa shape index (κ1) is 15.3. The largest absolute Gasteiger partial charge is 0.478 e. The summed E-state index contributed by atoms with van der Waals surface area (Å²) in [6.45, 7) is 0.0312. The molecule has 2 amide bonds. The van der Waals surface area contributed by atoms with Crippen molar-refractivity contribution in [3.05, 3.63) is 29.8 Å². The number of hydrogen-bond acceptors (Lipinski definition) is 4. The Kier molecular flexibility index (Phi) is 4.46. The molecule has 2 rings (SSSR count). The Bertz CT molecular complexity index is 656. The topological polar surface area (TPSA) is 113 Å². The summed E-state index contributed by atoms with van der Waals surface area (Å²) in [4.78, 5) is 22.7. The quantitative estimate of drug-likeness (QED) is 0.770. The second-order valence-electron chi connectivity index (χ2n) is 4.82. The molecule has 1 atom stereocenters. The standard InChI is InChI=1S/C13H16N2O5S/c16-12(17)10-5-1-2-6-11(10)15-13(18)14-8-9-4-3-7-21(9,19)20/h1-2,5-6,9H,3-4,7-8H2,(H,16,17)(H2,14,15,18). The van der Waals surface area contributed by atoms with Crippen LogP contribution in [0.4, 0.5) is 10.5 Å². The van der Waals surface area contributed by atoms with Crippen LogP contribution in [0, 0.1) is 0 Å². The van der Waals surface area contributed by atoms with Crippen LogP contribution in [0.2, 0.25) is 0 Å². The van der Waals surface area contributed by atoms with Gasteiger partial charge in [0.15, 0.2) is 9.84 Å². The van der Waals surface area contributed by atoms with Crippen molar-refractivity contribution in [1.82, 2.24) is 5.32 Å². The summed E-state index contributed by atoms with van der Waals surface area (Å²) in [6.07, 6.45) is 1.15. The maximum Gasteiger partial charge on any atom is 0.337 e. The molecule has 0 radical (unpaired) electrons. The summed E-state index contributed by atoms with van der Waals surface area (Å²) < 4.78 is 23.3. The van der Waals surface area contributed by atoms with E-state index in [4.69, 9.17) is 5.11 Å². The summed E-state index contributed by atoms with van der Waals surface area (Å²) >= 11 is 0. The van der Waals surface area contributed by atoms with Gasteiger partial charge in [-0.2, -0.15) is 0 Å². The average molecular weight is 312 g/mol. The molecule has 0 spiro atoms. The molecular weight excluding hydrogens is 296 g/mol. The Morgan fingerprint density at radius 2 is 2.00 bits per heavy atom. The zero-order valence-corrected chi connectivity index (χ0v) is 12.0. The van der Waals surface area contributed by atoms with Crippen molar-refractivity contribution in [3.63, 3.8) is 0 Å². The van der Waals surface area contributed by atoms with Crippen LogP contribution >= 0.6 is 0 Å². The van der Waals surface area contributed by atoms with Crippen molar-refractivity contribution >= 4 is 27.5 Å². The Morgan fingerprint density at radius 1 is 1.29 bits per heavy atom. The number of benzene rings is 1. The van der Waals surface area contributed by atoms with E-state index >= 15 is 0 Å². The van der Waals surface area contributed by atoms with Crippen molar-refractivity contribution in [3.8, 4) is 0 Å². The van der Waals surface area contributed by atoms with Crippen molar-refractivity contribution in [2.24, 2.45) is 0 Å². The molecule has 0 bridgehead atoms. The molecule has 114 valence electrons. The first-order valence-electron chi connectivity index (χ1n) is 6.49. The molecule has 1 unspecified atom stereocenters. The van der Waals surface area contributed by atoms with E-state index in [1.807, 2.05) is 0 Å². The number of aromatic carboxylic acids is 1. The summed E-state index contributed by atoms with van der Waals surface area (Å²) in [5.74, 6) is -0.993. The number of urea groups is 1. The third kappa shape index (κ3) is 3.72. The molecular formula is C13H16N2O5S. The second kappa shape index (κ2) is 6.13. The molecule has 8 heteroatoms. The van der Waals surface area contributed by atoms with Crippen LogP contribution in [-0.4, -0.2) is 43.1 Å². The normalized spacial score (nSPS) is 19.9. The molecule has 1 aliphatic rings. The lowest BCUT2D eigenvalue weighted by Gasteiger charge is -2.12. The van der Waals surface area contributed by atoms with E-state index in [0.29, 0.717) is 12.8 Å². The van der Waals surface area contributed by atoms with Crippen molar-refractivity contribution < 1.29 is 23.1 Å². The van der Waals surface area contributed by atoms with Gasteiger partial charge in [0.05, 0.1) is 22.3 Å². The van der Waals surface area contributed by atoms with Crippen molar-refractivity contribution in [2.75, 3.05) is 17.6 Å². The molecule has 21 heavy (non-hydrogen) atoms. The van der Waals surface area contributed by atoms with Gasteiger partial charge in [-0.25, -0.2) is 18.0 Å². The Hall–Kier alpha value is -2.09. The highest BCUT2D eigenvalue weighted by Crippen LogP contribution is 2.19. The number of carboxylic acids is 1. The maximum absolute atomic E-state index is 11.7. The smallest absolute Gasteiger partial charge is 0.337 e. The minimum Gasteiger partial charge on any atom is -0.478 e. The third-order valence-corrected chi connectivity index (χ3v) is 5.63. The Balaban J connectivity index is 1.95. The molecule has 0 aliphatic carbocycles. The second-order valence-corrected chi connectivity index (χ2v) is 7.22. The van der Waals surface area contributed by atoms with E-state index in [2.05, 4.69) is 10.6 Å². The summed E-state index contributed by atoms with van der Waals surface area (Å²) in [6, 6.07) is 5.38. The van der Waals surface area contributed by atoms with Gasteiger partial charge in [0.1, 0.15) is 0 Å². The number of amides is 2. The lowest BCUT2D eigenvalue weighted by molar-refractivity contribution is 0.0698. The maximum atomic E-state index is 11.7. The van der Waals surface area contributed by atoms with E-state index < -0.39 is 27.1 Å². The van der Waals surface area contributed by atoms with Gasteiger partial charge in [0.25, 0.3) is 0 Å². The van der Waals surface area contributed by atoms with Gasteiger partial charge in [0, 0.05) is 6.54 Å². The van der Waals surface area contributed by atoms with Crippen LogP contribution in [-0.2, 0) is 9.84 Å². The van der Waals surface area contributed by atoms with E-state index in [9.17, 15) is 18.0 Å². The van der Waals surface area contributed by atoms with Gasteiger partial charge < -0.3 is 15.7 Å². The molecule has 1 fully saturated rings. The number of carbonyl (C=O) groups is 2. The molecule has 0 saturated carbocycles. The zero-order valence-electron chi connectivity index (χ0n) is 11.2. The first-order valence-corrected chi connectivity index (χ1v) is 8.20. The lowest BCUT2D eigenvalue weighted by atomic mass is 10.2. The van der Waals surface area contributed by atoms with E-state index in [1.165, 1.54) is 12.1 Å². The highest BCUT2D eigenvalue weighted by molar-refractivity contribution is 7.92. The molecule has 1 aromatic carbocycles. The van der Waals surface area contributed by atoms with E-state index in [-0.39, 0.29) is 23.5 Å². The highest BCUT2D eigenvalue weighted by atomic mass is 32.2. The van der Waals surface area contributed by atoms with Crippen molar-refractivity contribution in [1.29, 1.82) is 0 Å². The predicted molar refractivity (Wildman–Crippen MR) is 77.2 cm³/mol. The fourth-order valence-corrected chi connectivity index (χ4v) is 4.00. The number of anilines is 1. The van der Waals surface area contributed by atoms with Gasteiger partial charge in [-0.05, 0) is 25.0 Å². The Morgan fingerprint density at radius 3 is 2.62 bits per heavy atom. The number of para-hydroxylation sites is 1. The summed E-state index contributed by atoms with van der Waals surface area (Å²) in [5.41, 5.74) is 0.137. The molecule has 1 aliphatic heterocycles. The molecule has 7 nitrogen and oxygen atoms in total. The molecule has 1 aromatic rings. The van der Waals surface area contributed by atoms with Crippen LogP contribution in [0.3, 0.4) is 0 Å². The van der Waals surface area contributed by atoms with Gasteiger partial charge in [0.2, 0.25) is 0 Å². The third-order valence-electron chi connectivity index (χ3n) is 3.36. The van der Waals surface area contributed by atoms with Crippen LogP contribution in [0.25, 0.3) is 0 Å². The van der Waals surface area contributed by atoms with E-state index in [0.717, 1.165) is 0 Å². The number of nitrogens with one attached hydrogen (secondary N) is 2. The van der Waals surface area contributed by atoms with Crippen LogP contribution in [0.5, 0.6) is 0 Å².